The second-order valence-electron chi connectivity index (χ2n) is 4.56. The van der Waals surface area contributed by atoms with Gasteiger partial charge in [0.05, 0.1) is 19.6 Å². The van der Waals surface area contributed by atoms with Gasteiger partial charge in [-0.25, -0.2) is 4.79 Å². The number of hydrogen-bond acceptors (Lipinski definition) is 6. The molecule has 22 heavy (non-hydrogen) atoms. The molecular formula is C14H20N2O6. The van der Waals surface area contributed by atoms with Crippen LogP contribution in [0.25, 0.3) is 0 Å². The molecular weight excluding hydrogens is 292 g/mol. The molecule has 0 saturated heterocycles. The topological polar surface area (TPSA) is 111 Å². The molecule has 0 radical (unpaired) electrons. The highest BCUT2D eigenvalue weighted by atomic mass is 16.6. The molecule has 1 aliphatic heterocycles. The van der Waals surface area contributed by atoms with Crippen LogP contribution < -0.4 is 10.6 Å². The summed E-state index contributed by atoms with van der Waals surface area (Å²) in [5, 5.41) is 4.85. The molecule has 0 fully saturated rings. The molecule has 0 aromatic rings. The van der Waals surface area contributed by atoms with Crippen molar-refractivity contribution in [3.8, 4) is 0 Å². The first-order chi connectivity index (χ1) is 10.5. The third-order valence-corrected chi connectivity index (χ3v) is 2.78. The Balaban J connectivity index is 2.64. The largest absolute Gasteiger partial charge is 0.463 e. The van der Waals surface area contributed by atoms with Crippen LogP contribution in [0.1, 0.15) is 26.2 Å². The summed E-state index contributed by atoms with van der Waals surface area (Å²) in [7, 11) is 0. The maximum atomic E-state index is 11.7. The van der Waals surface area contributed by atoms with Gasteiger partial charge >= 0.3 is 11.9 Å². The number of ether oxygens (including phenoxy) is 2. The minimum Gasteiger partial charge on any atom is -0.463 e. The monoisotopic (exact) mass is 312 g/mol. The molecule has 1 atom stereocenters. The third kappa shape index (κ3) is 6.87. The summed E-state index contributed by atoms with van der Waals surface area (Å²) in [5.74, 6) is -2.04. The minimum atomic E-state index is -0.955. The lowest BCUT2D eigenvalue weighted by atomic mass is 10.3. The van der Waals surface area contributed by atoms with Gasteiger partial charge in [-0.15, -0.1) is 0 Å². The quantitative estimate of drug-likeness (QED) is 0.628. The highest BCUT2D eigenvalue weighted by Crippen LogP contribution is 2.04. The van der Waals surface area contributed by atoms with Crippen molar-refractivity contribution >= 4 is 23.8 Å². The lowest BCUT2D eigenvalue weighted by Gasteiger charge is -2.15. The van der Waals surface area contributed by atoms with Crippen LogP contribution in [0.2, 0.25) is 0 Å². The zero-order chi connectivity index (χ0) is 16.4. The molecule has 2 amide bonds. The summed E-state index contributed by atoms with van der Waals surface area (Å²) in [4.78, 5) is 46.1. The van der Waals surface area contributed by atoms with Gasteiger partial charge in [-0.1, -0.05) is 13.0 Å². The summed E-state index contributed by atoms with van der Waals surface area (Å²) < 4.78 is 9.99. The lowest BCUT2D eigenvalue weighted by Crippen LogP contribution is -2.37. The summed E-state index contributed by atoms with van der Waals surface area (Å²) in [5.41, 5.74) is 0. The number of cyclic esters (lactones) is 2. The van der Waals surface area contributed by atoms with E-state index in [1.807, 2.05) is 0 Å². The van der Waals surface area contributed by atoms with Crippen LogP contribution in [-0.4, -0.2) is 49.6 Å². The SMILES string of the molecule is CCC1OC(=O)CCNC(=O)CNC(=O)/C=C\CCOC1=O. The van der Waals surface area contributed by atoms with Crippen molar-refractivity contribution in [3.05, 3.63) is 12.2 Å². The highest BCUT2D eigenvalue weighted by molar-refractivity contribution is 5.91. The standard InChI is InChI=1S/C14H20N2O6/c1-2-10-14(20)21-8-4-3-5-11(17)16-9-12(18)15-7-6-13(19)22-10/h3,5,10H,2,4,6-9H2,1H3,(H,15,18)(H,16,17)/b5-3-. The number of nitrogens with one attached hydrogen (secondary N) is 2. The molecule has 0 aromatic carbocycles. The molecule has 0 aromatic heterocycles. The van der Waals surface area contributed by atoms with E-state index in [2.05, 4.69) is 10.6 Å². The van der Waals surface area contributed by atoms with Gasteiger partial charge in [0.25, 0.3) is 0 Å². The van der Waals surface area contributed by atoms with Crippen molar-refractivity contribution in [2.24, 2.45) is 0 Å². The molecule has 2 N–H and O–H groups in total. The smallest absolute Gasteiger partial charge is 0.347 e. The molecule has 122 valence electrons. The average Bonchev–Trinajstić information content (AvgIpc) is 2.49. The number of carbonyl (C=O) groups is 4. The Labute approximate surface area is 128 Å². The summed E-state index contributed by atoms with van der Waals surface area (Å²) in [6.45, 7) is 1.67. The Bertz CT molecular complexity index is 460. The van der Waals surface area contributed by atoms with E-state index in [0.29, 0.717) is 12.8 Å². The first-order valence-corrected chi connectivity index (χ1v) is 7.10. The Kier molecular flexibility index (Phi) is 7.66. The van der Waals surface area contributed by atoms with Crippen molar-refractivity contribution in [3.63, 3.8) is 0 Å². The molecule has 1 heterocycles. The lowest BCUT2D eigenvalue weighted by molar-refractivity contribution is -0.168. The van der Waals surface area contributed by atoms with E-state index in [4.69, 9.17) is 9.47 Å². The molecule has 1 unspecified atom stereocenters. The van der Waals surface area contributed by atoms with Gasteiger partial charge in [0.2, 0.25) is 11.8 Å². The van der Waals surface area contributed by atoms with Crippen molar-refractivity contribution in [1.29, 1.82) is 0 Å². The van der Waals surface area contributed by atoms with Gasteiger partial charge in [-0.05, 0) is 12.5 Å². The van der Waals surface area contributed by atoms with Gasteiger partial charge in [0, 0.05) is 13.0 Å². The number of esters is 2. The predicted octanol–water partition coefficient (Wildman–Crippen LogP) is -0.566. The maximum absolute atomic E-state index is 11.7. The number of hydrogen-bond donors (Lipinski definition) is 2. The van der Waals surface area contributed by atoms with Gasteiger partial charge in [0.1, 0.15) is 0 Å². The van der Waals surface area contributed by atoms with Crippen LogP contribution in [0.15, 0.2) is 12.2 Å². The highest BCUT2D eigenvalue weighted by Gasteiger charge is 2.22. The van der Waals surface area contributed by atoms with Crippen molar-refractivity contribution in [2.75, 3.05) is 19.7 Å². The van der Waals surface area contributed by atoms with Crippen LogP contribution in [0.5, 0.6) is 0 Å². The fraction of sp³-hybridized carbons (Fsp3) is 0.571. The van der Waals surface area contributed by atoms with E-state index in [1.54, 1.807) is 6.92 Å². The summed E-state index contributed by atoms with van der Waals surface area (Å²) >= 11 is 0. The van der Waals surface area contributed by atoms with Gasteiger partial charge in [-0.3, -0.25) is 14.4 Å². The third-order valence-electron chi connectivity index (χ3n) is 2.78. The second-order valence-corrected chi connectivity index (χ2v) is 4.56. The Morgan fingerprint density at radius 2 is 2.00 bits per heavy atom. The molecule has 1 aliphatic rings. The van der Waals surface area contributed by atoms with Crippen LogP contribution in [-0.2, 0) is 28.7 Å². The van der Waals surface area contributed by atoms with E-state index in [0.717, 1.165) is 0 Å². The zero-order valence-electron chi connectivity index (χ0n) is 12.4. The van der Waals surface area contributed by atoms with E-state index in [1.165, 1.54) is 12.2 Å². The minimum absolute atomic E-state index is 0.0643. The maximum Gasteiger partial charge on any atom is 0.347 e. The van der Waals surface area contributed by atoms with Crippen LogP contribution in [0, 0.1) is 0 Å². The van der Waals surface area contributed by atoms with E-state index >= 15 is 0 Å². The molecule has 0 bridgehead atoms. The number of amides is 2. The number of carbonyl (C=O) groups excluding carboxylic acids is 4. The van der Waals surface area contributed by atoms with Crippen LogP contribution in [0.3, 0.4) is 0 Å². The molecule has 1 rings (SSSR count). The van der Waals surface area contributed by atoms with E-state index in [-0.39, 0.29) is 26.1 Å². The average molecular weight is 312 g/mol. The fourth-order valence-electron chi connectivity index (χ4n) is 1.62. The van der Waals surface area contributed by atoms with Gasteiger partial charge in [-0.2, -0.15) is 0 Å². The number of rotatable bonds is 1. The fourth-order valence-corrected chi connectivity index (χ4v) is 1.62. The molecule has 0 saturated carbocycles. The Hall–Kier alpha value is -2.38. The normalized spacial score (nSPS) is 23.8. The molecule has 0 aliphatic carbocycles. The summed E-state index contributed by atoms with van der Waals surface area (Å²) in [6.07, 6.45) is 2.42. The van der Waals surface area contributed by atoms with Gasteiger partial charge in [0.15, 0.2) is 6.10 Å². The van der Waals surface area contributed by atoms with E-state index < -0.39 is 29.9 Å². The first kappa shape index (κ1) is 17.7. The van der Waals surface area contributed by atoms with Gasteiger partial charge < -0.3 is 20.1 Å². The Morgan fingerprint density at radius 3 is 2.73 bits per heavy atom. The van der Waals surface area contributed by atoms with Crippen molar-refractivity contribution < 1.29 is 28.7 Å². The molecule has 8 nitrogen and oxygen atoms in total. The van der Waals surface area contributed by atoms with Crippen molar-refractivity contribution in [1.82, 2.24) is 10.6 Å². The first-order valence-electron chi connectivity index (χ1n) is 7.10. The van der Waals surface area contributed by atoms with Crippen molar-refractivity contribution in [2.45, 2.75) is 32.3 Å². The Morgan fingerprint density at radius 1 is 1.23 bits per heavy atom. The predicted molar refractivity (Wildman–Crippen MR) is 75.5 cm³/mol. The second kappa shape index (κ2) is 9.54. The molecule has 8 heteroatoms. The van der Waals surface area contributed by atoms with Crippen LogP contribution in [0.4, 0.5) is 0 Å². The molecule has 0 spiro atoms. The van der Waals surface area contributed by atoms with E-state index in [9.17, 15) is 19.2 Å². The summed E-state index contributed by atoms with van der Waals surface area (Å²) in [6, 6.07) is 0. The van der Waals surface area contributed by atoms with Crippen LogP contribution >= 0.6 is 0 Å². The zero-order valence-corrected chi connectivity index (χ0v) is 12.4.